The lowest BCUT2D eigenvalue weighted by Gasteiger charge is -2.43. The zero-order valence-corrected chi connectivity index (χ0v) is 26.1. The van der Waals surface area contributed by atoms with E-state index in [4.69, 9.17) is 13.9 Å². The van der Waals surface area contributed by atoms with Crippen LogP contribution in [0.2, 0.25) is 5.04 Å². The Labute approximate surface area is 253 Å². The van der Waals surface area contributed by atoms with E-state index in [-0.39, 0.29) is 18.2 Å². The molecular weight excluding hydrogens is 561 g/mol. The summed E-state index contributed by atoms with van der Waals surface area (Å²) in [6.45, 7) is 9.03. The molecule has 1 heterocycles. The van der Waals surface area contributed by atoms with Crippen molar-refractivity contribution in [1.82, 2.24) is 0 Å². The number of amides is 1. The van der Waals surface area contributed by atoms with Crippen molar-refractivity contribution in [3.8, 4) is 0 Å². The van der Waals surface area contributed by atoms with E-state index in [1.54, 1.807) is 6.07 Å². The first-order chi connectivity index (χ1) is 20.6. The topological polar surface area (TPSA) is 65.1 Å². The van der Waals surface area contributed by atoms with Gasteiger partial charge in [0.15, 0.2) is 6.10 Å². The van der Waals surface area contributed by atoms with E-state index in [0.29, 0.717) is 30.0 Å². The van der Waals surface area contributed by atoms with Crippen LogP contribution in [0.4, 0.5) is 14.9 Å². The van der Waals surface area contributed by atoms with E-state index >= 15 is 0 Å². The molecule has 2 aliphatic carbocycles. The Kier molecular flexibility index (Phi) is 7.77. The molecule has 1 saturated carbocycles. The van der Waals surface area contributed by atoms with Gasteiger partial charge in [-0.15, -0.1) is 0 Å². The third-order valence-corrected chi connectivity index (χ3v) is 14.1. The van der Waals surface area contributed by atoms with E-state index < -0.39 is 32.3 Å². The van der Waals surface area contributed by atoms with E-state index in [0.717, 1.165) is 17.6 Å². The second kappa shape index (κ2) is 11.4. The van der Waals surface area contributed by atoms with Crippen molar-refractivity contribution in [3.63, 3.8) is 0 Å². The highest BCUT2D eigenvalue weighted by molar-refractivity contribution is 6.99. The zero-order valence-electron chi connectivity index (χ0n) is 25.1. The minimum atomic E-state index is -2.61. The smallest absolute Gasteiger partial charge is 0.414 e. The summed E-state index contributed by atoms with van der Waals surface area (Å²) in [6, 6.07) is 26.0. The van der Waals surface area contributed by atoms with Gasteiger partial charge >= 0.3 is 12.1 Å². The van der Waals surface area contributed by atoms with Crippen LogP contribution in [0.15, 0.2) is 84.9 Å². The molecule has 1 amide bonds. The maximum absolute atomic E-state index is 14.4. The largest absolute Gasteiger partial charge is 0.462 e. The van der Waals surface area contributed by atoms with E-state index in [1.165, 1.54) is 34.3 Å². The van der Waals surface area contributed by atoms with E-state index in [9.17, 15) is 14.0 Å². The summed E-state index contributed by atoms with van der Waals surface area (Å²) in [7, 11) is -2.61. The molecule has 1 aliphatic heterocycles. The summed E-state index contributed by atoms with van der Waals surface area (Å²) in [5.74, 6) is 0.390. The first-order valence-corrected chi connectivity index (χ1v) is 16.9. The molecule has 2 fully saturated rings. The molecule has 6 nitrogen and oxygen atoms in total. The van der Waals surface area contributed by atoms with E-state index in [1.807, 2.05) is 0 Å². The minimum absolute atomic E-state index is 0.0257. The number of benzene rings is 3. The van der Waals surface area contributed by atoms with Gasteiger partial charge in [0.1, 0.15) is 12.4 Å². The number of cyclic esters (lactones) is 1. The van der Waals surface area contributed by atoms with Crippen molar-refractivity contribution in [2.24, 2.45) is 17.8 Å². The average molecular weight is 600 g/mol. The predicted octanol–water partition coefficient (Wildman–Crippen LogP) is 5.94. The Morgan fingerprint density at radius 1 is 1.00 bits per heavy atom. The van der Waals surface area contributed by atoms with Gasteiger partial charge in [0.05, 0.1) is 12.2 Å². The van der Waals surface area contributed by atoms with Crippen LogP contribution in [0.3, 0.4) is 0 Å². The predicted molar refractivity (Wildman–Crippen MR) is 167 cm³/mol. The van der Waals surface area contributed by atoms with Crippen molar-refractivity contribution >= 4 is 42.0 Å². The number of rotatable bonds is 9. The van der Waals surface area contributed by atoms with Crippen molar-refractivity contribution in [2.45, 2.75) is 45.3 Å². The summed E-state index contributed by atoms with van der Waals surface area (Å²) in [5, 5.41) is 2.47. The number of carbonyl (C=O) groups is 2. The van der Waals surface area contributed by atoms with Crippen LogP contribution in [0.5, 0.6) is 0 Å². The number of halogens is 1. The van der Waals surface area contributed by atoms with Gasteiger partial charge in [0, 0.05) is 19.1 Å². The average Bonchev–Trinajstić information content (AvgIpc) is 3.27. The lowest BCUT2D eigenvalue weighted by atomic mass is 9.98. The number of anilines is 1. The van der Waals surface area contributed by atoms with Gasteiger partial charge in [-0.25, -0.2) is 9.18 Å². The number of hydrogen-bond donors (Lipinski definition) is 0. The number of fused-ring (bicyclic) bond motifs is 1. The molecule has 0 bridgehead atoms. The maximum atomic E-state index is 14.4. The highest BCUT2D eigenvalue weighted by atomic mass is 28.4. The number of nitrogens with zero attached hydrogens (tertiary/aromatic N) is 1. The molecule has 3 aliphatic rings. The standard InChI is InChI=1S/C35H38FNO5Si/c1-23(38)40-21-26-20-37(34(39)42-26)33-19-25(36)15-16-29(33)24-17-30-31(18-24)32(30)22-41-43(35(2,3)4,27-11-7-5-8-12-27)28-13-9-6-10-14-28/h5-17,19,26,30-32H,18,20-22H2,1-4H3/t26-,30?,31+,32+/m1/s1. The van der Waals surface area contributed by atoms with Gasteiger partial charge in [0.2, 0.25) is 0 Å². The Hall–Kier alpha value is -3.75. The number of esters is 1. The molecule has 0 radical (unpaired) electrons. The number of allylic oxidation sites excluding steroid dienone is 2. The Morgan fingerprint density at radius 3 is 2.21 bits per heavy atom. The number of hydrogen-bond acceptors (Lipinski definition) is 5. The highest BCUT2D eigenvalue weighted by Crippen LogP contribution is 2.59. The maximum Gasteiger partial charge on any atom is 0.414 e. The Morgan fingerprint density at radius 2 is 1.65 bits per heavy atom. The molecule has 224 valence electrons. The zero-order chi connectivity index (χ0) is 30.4. The van der Waals surface area contributed by atoms with Crippen molar-refractivity contribution in [2.75, 3.05) is 24.7 Å². The Bertz CT molecular complexity index is 1500. The second-order valence-corrected chi connectivity index (χ2v) is 17.2. The van der Waals surface area contributed by atoms with Crippen molar-refractivity contribution in [3.05, 3.63) is 96.3 Å². The van der Waals surface area contributed by atoms with Crippen LogP contribution in [-0.2, 0) is 18.7 Å². The van der Waals surface area contributed by atoms with Crippen LogP contribution in [0.25, 0.3) is 5.57 Å². The fourth-order valence-corrected chi connectivity index (χ4v) is 11.6. The summed E-state index contributed by atoms with van der Waals surface area (Å²) < 4.78 is 32.1. The van der Waals surface area contributed by atoms with Crippen molar-refractivity contribution in [1.29, 1.82) is 0 Å². The molecule has 0 spiro atoms. The molecule has 43 heavy (non-hydrogen) atoms. The van der Waals surface area contributed by atoms with Crippen LogP contribution in [0, 0.1) is 23.6 Å². The highest BCUT2D eigenvalue weighted by Gasteiger charge is 2.56. The molecule has 0 N–H and O–H groups in total. The molecule has 0 aromatic heterocycles. The molecule has 8 heteroatoms. The van der Waals surface area contributed by atoms with Crippen molar-refractivity contribution < 1.29 is 27.9 Å². The summed E-state index contributed by atoms with van der Waals surface area (Å²) in [5.41, 5.74) is 2.44. The minimum Gasteiger partial charge on any atom is -0.462 e. The molecule has 1 saturated heterocycles. The van der Waals surface area contributed by atoms with Gasteiger partial charge in [0.25, 0.3) is 8.32 Å². The van der Waals surface area contributed by atoms with Gasteiger partial charge in [-0.05, 0) is 63.4 Å². The van der Waals surface area contributed by atoms with Crippen LogP contribution >= 0.6 is 0 Å². The van der Waals surface area contributed by atoms with Gasteiger partial charge in [-0.1, -0.05) is 87.5 Å². The third kappa shape index (κ3) is 5.54. The molecule has 3 aromatic carbocycles. The molecule has 4 atom stereocenters. The van der Waals surface area contributed by atoms with E-state index in [2.05, 4.69) is 87.5 Å². The monoisotopic (exact) mass is 599 g/mol. The molecular formula is C35H38FNO5Si. The number of ether oxygens (including phenoxy) is 2. The summed E-state index contributed by atoms with van der Waals surface area (Å²) >= 11 is 0. The first kappa shape index (κ1) is 29.3. The van der Waals surface area contributed by atoms with Gasteiger partial charge < -0.3 is 13.9 Å². The first-order valence-electron chi connectivity index (χ1n) is 15.0. The summed E-state index contributed by atoms with van der Waals surface area (Å²) in [6.07, 6.45) is 1.97. The van der Waals surface area contributed by atoms with Gasteiger partial charge in [-0.3, -0.25) is 9.69 Å². The summed E-state index contributed by atoms with van der Waals surface area (Å²) in [4.78, 5) is 25.4. The molecule has 6 rings (SSSR count). The molecule has 3 aromatic rings. The quantitative estimate of drug-likeness (QED) is 0.225. The fraction of sp³-hybridized carbons (Fsp3) is 0.371. The molecule has 1 unspecified atom stereocenters. The second-order valence-electron chi connectivity index (χ2n) is 12.9. The van der Waals surface area contributed by atoms with Crippen LogP contribution in [-0.4, -0.2) is 46.2 Å². The van der Waals surface area contributed by atoms with Gasteiger partial charge in [-0.2, -0.15) is 0 Å². The number of carbonyl (C=O) groups excluding carboxylic acids is 2. The SMILES string of the molecule is CC(=O)OC[C@H]1CN(c2cc(F)ccc2C2=CC3[C@H](CO[Si](c4ccccc4)(c4ccccc4)C(C)(C)C)[C@H]3C2)C(=O)O1. The van der Waals surface area contributed by atoms with Crippen LogP contribution < -0.4 is 15.3 Å². The Balaban J connectivity index is 1.22. The third-order valence-electron chi connectivity index (χ3n) is 9.10. The lowest BCUT2D eigenvalue weighted by molar-refractivity contribution is -0.143. The lowest BCUT2D eigenvalue weighted by Crippen LogP contribution is -2.66. The fourth-order valence-electron chi connectivity index (χ4n) is 7.00. The normalized spacial score (nSPS) is 23.0. The van der Waals surface area contributed by atoms with Crippen LogP contribution in [0.1, 0.15) is 39.7 Å².